The van der Waals surface area contributed by atoms with E-state index in [0.29, 0.717) is 40.7 Å². The topological polar surface area (TPSA) is 97.3 Å². The third-order valence-electron chi connectivity index (χ3n) is 4.23. The fourth-order valence-electron chi connectivity index (χ4n) is 2.67. The Bertz CT molecular complexity index is 1040. The molecule has 0 atom stereocenters. The zero-order valence-corrected chi connectivity index (χ0v) is 18.5. The molecule has 0 saturated heterocycles. The molecule has 10 heteroatoms. The Hall–Kier alpha value is -2.72. The predicted molar refractivity (Wildman–Crippen MR) is 121 cm³/mol. The van der Waals surface area contributed by atoms with Crippen molar-refractivity contribution >= 4 is 53.1 Å². The monoisotopic (exact) mass is 445 g/mol. The van der Waals surface area contributed by atoms with Gasteiger partial charge in [0, 0.05) is 17.5 Å². The Morgan fingerprint density at radius 3 is 2.83 bits per heavy atom. The summed E-state index contributed by atoms with van der Waals surface area (Å²) in [6.45, 7) is 4.78. The van der Waals surface area contributed by atoms with Crippen LogP contribution in [-0.4, -0.2) is 40.1 Å². The number of carbonyl (C=O) groups is 2. The van der Waals surface area contributed by atoms with Crippen LogP contribution in [0.5, 0.6) is 0 Å². The number of pyridine rings is 1. The SMILES string of the molecule is CCCCCNC(=O)N(S)c1ccc2ncc(-c3csc(C(=O)OCC)c3)nc2n1. The highest BCUT2D eigenvalue weighted by molar-refractivity contribution is 7.82. The number of amides is 2. The molecule has 0 aliphatic rings. The number of fused-ring (bicyclic) bond motifs is 1. The van der Waals surface area contributed by atoms with Gasteiger partial charge in [0.1, 0.15) is 16.2 Å². The number of thiophene rings is 1. The first-order valence-corrected chi connectivity index (χ1v) is 11.0. The van der Waals surface area contributed by atoms with Crippen molar-refractivity contribution in [1.82, 2.24) is 20.3 Å². The molecule has 1 N–H and O–H groups in total. The molecular formula is C20H23N5O3S2. The van der Waals surface area contributed by atoms with Crippen LogP contribution >= 0.6 is 24.2 Å². The predicted octanol–water partition coefficient (Wildman–Crippen LogP) is 4.48. The summed E-state index contributed by atoms with van der Waals surface area (Å²) in [4.78, 5) is 38.0. The number of nitrogens with zero attached hydrogens (tertiary/aromatic N) is 4. The Labute approximate surface area is 184 Å². The van der Waals surface area contributed by atoms with E-state index in [-0.39, 0.29) is 12.0 Å². The van der Waals surface area contributed by atoms with Gasteiger partial charge in [-0.15, -0.1) is 11.3 Å². The van der Waals surface area contributed by atoms with Gasteiger partial charge in [0.2, 0.25) is 0 Å². The normalized spacial score (nSPS) is 10.8. The van der Waals surface area contributed by atoms with Crippen LogP contribution in [0.15, 0.2) is 29.8 Å². The van der Waals surface area contributed by atoms with E-state index in [1.165, 1.54) is 11.3 Å². The van der Waals surface area contributed by atoms with E-state index >= 15 is 0 Å². The molecule has 0 fully saturated rings. The molecule has 0 bridgehead atoms. The van der Waals surface area contributed by atoms with Crippen LogP contribution in [0, 0.1) is 0 Å². The number of ether oxygens (including phenoxy) is 1. The Kier molecular flexibility index (Phi) is 7.58. The first-order valence-electron chi connectivity index (χ1n) is 9.70. The van der Waals surface area contributed by atoms with Gasteiger partial charge in [0.05, 0.1) is 18.5 Å². The van der Waals surface area contributed by atoms with Crippen molar-refractivity contribution in [2.75, 3.05) is 17.5 Å². The summed E-state index contributed by atoms with van der Waals surface area (Å²) in [7, 11) is 0. The smallest absolute Gasteiger partial charge is 0.348 e. The molecule has 3 aromatic heterocycles. The lowest BCUT2D eigenvalue weighted by Crippen LogP contribution is -2.35. The van der Waals surface area contributed by atoms with E-state index in [2.05, 4.69) is 40.0 Å². The summed E-state index contributed by atoms with van der Waals surface area (Å²) < 4.78 is 6.18. The van der Waals surface area contributed by atoms with E-state index in [4.69, 9.17) is 4.74 Å². The van der Waals surface area contributed by atoms with E-state index in [9.17, 15) is 9.59 Å². The quantitative estimate of drug-likeness (QED) is 0.301. The minimum atomic E-state index is -0.362. The molecule has 0 aliphatic carbocycles. The number of thiol groups is 1. The van der Waals surface area contributed by atoms with Crippen LogP contribution in [0.2, 0.25) is 0 Å². The Morgan fingerprint density at radius 1 is 1.23 bits per heavy atom. The maximum Gasteiger partial charge on any atom is 0.348 e. The lowest BCUT2D eigenvalue weighted by atomic mass is 10.2. The molecule has 0 spiro atoms. The lowest BCUT2D eigenvalue weighted by Gasteiger charge is -2.15. The third kappa shape index (κ3) is 5.25. The van der Waals surface area contributed by atoms with Crippen molar-refractivity contribution in [3.63, 3.8) is 0 Å². The van der Waals surface area contributed by atoms with Crippen molar-refractivity contribution in [2.24, 2.45) is 0 Å². The third-order valence-corrected chi connectivity index (χ3v) is 5.53. The minimum absolute atomic E-state index is 0.320. The number of hydrogen-bond donors (Lipinski definition) is 2. The number of aromatic nitrogens is 3. The number of esters is 1. The number of anilines is 1. The number of urea groups is 1. The Balaban J connectivity index is 1.79. The van der Waals surface area contributed by atoms with Crippen LogP contribution in [0.1, 0.15) is 42.8 Å². The largest absolute Gasteiger partial charge is 0.462 e. The van der Waals surface area contributed by atoms with E-state index < -0.39 is 0 Å². The van der Waals surface area contributed by atoms with Crippen LogP contribution in [0.25, 0.3) is 22.4 Å². The number of rotatable bonds is 8. The van der Waals surface area contributed by atoms with Gasteiger partial charge < -0.3 is 10.1 Å². The van der Waals surface area contributed by atoms with E-state index in [1.54, 1.807) is 31.3 Å². The molecule has 158 valence electrons. The van der Waals surface area contributed by atoms with E-state index in [0.717, 1.165) is 29.1 Å². The van der Waals surface area contributed by atoms with Crippen LogP contribution < -0.4 is 9.62 Å². The average molecular weight is 446 g/mol. The Morgan fingerprint density at radius 2 is 2.07 bits per heavy atom. The zero-order valence-electron chi connectivity index (χ0n) is 16.8. The minimum Gasteiger partial charge on any atom is -0.462 e. The van der Waals surface area contributed by atoms with Crippen molar-refractivity contribution in [3.05, 3.63) is 34.7 Å². The second-order valence-corrected chi connectivity index (χ2v) is 7.75. The molecule has 8 nitrogen and oxygen atoms in total. The standard InChI is InChI=1S/C20H23N5O3S2/c1-3-5-6-9-21-20(27)25(29)17-8-7-14-18(24-17)23-15(11-22-14)13-10-16(30-12-13)19(26)28-4-2/h7-8,10-12,29H,3-6,9H2,1-2H3,(H,21,27). The van der Waals surface area contributed by atoms with E-state index in [1.807, 2.05) is 5.38 Å². The highest BCUT2D eigenvalue weighted by Crippen LogP contribution is 2.26. The summed E-state index contributed by atoms with van der Waals surface area (Å²) in [5.41, 5.74) is 2.30. The van der Waals surface area contributed by atoms with Crippen LogP contribution in [-0.2, 0) is 4.74 Å². The van der Waals surface area contributed by atoms with Gasteiger partial charge in [-0.05, 0) is 31.5 Å². The fraction of sp³-hybridized carbons (Fsp3) is 0.350. The molecule has 3 aromatic rings. The molecule has 0 unspecified atom stereocenters. The van der Waals surface area contributed by atoms with Gasteiger partial charge >= 0.3 is 12.0 Å². The van der Waals surface area contributed by atoms with Gasteiger partial charge in [-0.3, -0.25) is 4.98 Å². The van der Waals surface area contributed by atoms with Gasteiger partial charge in [-0.2, -0.15) is 0 Å². The lowest BCUT2D eigenvalue weighted by molar-refractivity contribution is 0.0532. The van der Waals surface area contributed by atoms with Gasteiger partial charge in [-0.1, -0.05) is 32.6 Å². The maximum atomic E-state index is 12.3. The van der Waals surface area contributed by atoms with Crippen LogP contribution in [0.3, 0.4) is 0 Å². The van der Waals surface area contributed by atoms with Crippen LogP contribution in [0.4, 0.5) is 10.6 Å². The summed E-state index contributed by atoms with van der Waals surface area (Å²) in [6.07, 6.45) is 4.68. The fourth-order valence-corrected chi connectivity index (χ4v) is 3.65. The summed E-state index contributed by atoms with van der Waals surface area (Å²) in [5.74, 6) is -0.0126. The molecule has 2 amide bonds. The summed E-state index contributed by atoms with van der Waals surface area (Å²) in [6, 6.07) is 4.78. The van der Waals surface area contributed by atoms with Crippen molar-refractivity contribution in [1.29, 1.82) is 0 Å². The molecular weight excluding hydrogens is 422 g/mol. The number of carbonyl (C=O) groups excluding carboxylic acids is 2. The molecule has 30 heavy (non-hydrogen) atoms. The summed E-state index contributed by atoms with van der Waals surface area (Å²) >= 11 is 5.55. The second-order valence-electron chi connectivity index (χ2n) is 6.44. The second kappa shape index (κ2) is 10.4. The summed E-state index contributed by atoms with van der Waals surface area (Å²) in [5, 5.41) is 4.64. The molecule has 3 rings (SSSR count). The molecule has 0 aliphatic heterocycles. The van der Waals surface area contributed by atoms with Crippen molar-refractivity contribution in [3.8, 4) is 11.3 Å². The van der Waals surface area contributed by atoms with Gasteiger partial charge in [0.15, 0.2) is 5.65 Å². The molecule has 0 aromatic carbocycles. The highest BCUT2D eigenvalue weighted by atomic mass is 32.1. The first kappa shape index (κ1) is 22.0. The zero-order chi connectivity index (χ0) is 21.5. The number of nitrogens with one attached hydrogen (secondary N) is 1. The number of hydrogen-bond acceptors (Lipinski definition) is 8. The van der Waals surface area contributed by atoms with Gasteiger partial charge in [-0.25, -0.2) is 23.9 Å². The molecule has 3 heterocycles. The van der Waals surface area contributed by atoms with Crippen molar-refractivity contribution in [2.45, 2.75) is 33.1 Å². The number of unbranched alkanes of at least 4 members (excludes halogenated alkanes) is 2. The maximum absolute atomic E-state index is 12.3. The van der Waals surface area contributed by atoms with Crippen molar-refractivity contribution < 1.29 is 14.3 Å². The molecule has 0 saturated carbocycles. The highest BCUT2D eigenvalue weighted by Gasteiger charge is 2.16. The molecule has 0 radical (unpaired) electrons. The van der Waals surface area contributed by atoms with Gasteiger partial charge in [0.25, 0.3) is 0 Å². The first-order chi connectivity index (χ1) is 14.5. The average Bonchev–Trinajstić information content (AvgIpc) is 3.26.